The molecule has 34 heavy (non-hydrogen) atoms. The summed E-state index contributed by atoms with van der Waals surface area (Å²) in [6.07, 6.45) is 9.03. The molecule has 182 valence electrons. The molecule has 2 N–H and O–H groups in total. The Morgan fingerprint density at radius 3 is 2.56 bits per heavy atom. The van der Waals surface area contributed by atoms with Crippen LogP contribution in [0.1, 0.15) is 50.5 Å². The molecule has 9 nitrogen and oxygen atoms in total. The van der Waals surface area contributed by atoms with Crippen molar-refractivity contribution in [2.24, 2.45) is 11.8 Å². The minimum absolute atomic E-state index is 0.126. The third kappa shape index (κ3) is 4.58. The van der Waals surface area contributed by atoms with Gasteiger partial charge in [-0.3, -0.25) is 10.1 Å². The van der Waals surface area contributed by atoms with Gasteiger partial charge in [-0.2, -0.15) is 11.3 Å². The van der Waals surface area contributed by atoms with E-state index in [0.717, 1.165) is 58.0 Å². The maximum atomic E-state index is 13.6. The Kier molecular flexibility index (Phi) is 6.63. The van der Waals surface area contributed by atoms with Crippen molar-refractivity contribution >= 4 is 29.2 Å². The number of carbonyl (C=O) groups excluding carboxylic acids is 2. The monoisotopic (exact) mass is 486 g/mol. The summed E-state index contributed by atoms with van der Waals surface area (Å²) in [4.78, 5) is 38.0. The SMILES string of the molecule is O=C(C[N+]12CCC(CC1)C(OC(=O)[C@](O)(c1ccsc1)C1CCCCC1)C2)Nc1ncncn1. The van der Waals surface area contributed by atoms with Crippen LogP contribution in [0, 0.1) is 11.8 Å². The highest BCUT2D eigenvalue weighted by molar-refractivity contribution is 7.08. The van der Waals surface area contributed by atoms with Crippen molar-refractivity contribution < 1.29 is 23.9 Å². The Labute approximate surface area is 203 Å². The molecule has 2 bridgehead atoms. The van der Waals surface area contributed by atoms with E-state index >= 15 is 0 Å². The molecule has 1 amide bonds. The molecule has 1 unspecified atom stereocenters. The van der Waals surface area contributed by atoms with E-state index in [9.17, 15) is 14.7 Å². The number of esters is 1. The number of thiophene rings is 1. The van der Waals surface area contributed by atoms with Crippen LogP contribution in [0.15, 0.2) is 29.5 Å². The Hall–Kier alpha value is -2.43. The van der Waals surface area contributed by atoms with Crippen molar-refractivity contribution in [1.82, 2.24) is 15.0 Å². The summed E-state index contributed by atoms with van der Waals surface area (Å²) in [7, 11) is 0. The molecule has 3 aliphatic heterocycles. The highest BCUT2D eigenvalue weighted by Crippen LogP contribution is 2.43. The van der Waals surface area contributed by atoms with Crippen molar-refractivity contribution in [2.75, 3.05) is 31.5 Å². The van der Waals surface area contributed by atoms with Gasteiger partial charge in [0.15, 0.2) is 18.2 Å². The summed E-state index contributed by atoms with van der Waals surface area (Å²) >= 11 is 1.48. The van der Waals surface area contributed by atoms with E-state index in [2.05, 4.69) is 20.3 Å². The second-order valence-corrected chi connectivity index (χ2v) is 10.8. The number of nitrogens with zero attached hydrogens (tertiary/aromatic N) is 4. The molecule has 0 aromatic carbocycles. The van der Waals surface area contributed by atoms with Crippen LogP contribution < -0.4 is 5.32 Å². The van der Waals surface area contributed by atoms with Gasteiger partial charge in [0.05, 0.1) is 13.1 Å². The van der Waals surface area contributed by atoms with E-state index in [1.165, 1.54) is 24.0 Å². The summed E-state index contributed by atoms with van der Waals surface area (Å²) in [5.74, 6) is -0.299. The molecule has 2 aromatic rings. The fraction of sp³-hybridized carbons (Fsp3) is 0.625. The molecule has 2 atom stereocenters. The molecule has 4 fully saturated rings. The number of anilines is 1. The standard InChI is InChI=1S/C24H31N5O4S/c30-21(28-23-26-15-25-16-27-23)13-29-9-6-17(7-10-29)20(12-29)33-22(31)24(32,19-8-11-34-14-19)18-4-2-1-3-5-18/h8,11,14-18,20,32H,1-7,9-10,12-13H2/p+1/t17?,20?,24-,29?/m1/s1. The average Bonchev–Trinajstić information content (AvgIpc) is 3.40. The van der Waals surface area contributed by atoms with Crippen LogP contribution in [0.4, 0.5) is 5.95 Å². The van der Waals surface area contributed by atoms with Crippen LogP contribution in [-0.4, -0.2) is 68.7 Å². The first-order chi connectivity index (χ1) is 16.5. The zero-order chi connectivity index (χ0) is 23.6. The topological polar surface area (TPSA) is 114 Å². The lowest BCUT2D eigenvalue weighted by atomic mass is 9.74. The van der Waals surface area contributed by atoms with Crippen molar-refractivity contribution in [3.8, 4) is 0 Å². The largest absolute Gasteiger partial charge is 0.454 e. The van der Waals surface area contributed by atoms with Crippen LogP contribution in [-0.2, 0) is 19.9 Å². The molecule has 1 aliphatic carbocycles. The number of aliphatic hydroxyl groups is 1. The lowest BCUT2D eigenvalue weighted by molar-refractivity contribution is -0.939. The number of hydrogen-bond donors (Lipinski definition) is 2. The average molecular weight is 487 g/mol. The summed E-state index contributed by atoms with van der Waals surface area (Å²) in [5.41, 5.74) is -0.954. The van der Waals surface area contributed by atoms with Gasteiger partial charge in [-0.15, -0.1) is 0 Å². The van der Waals surface area contributed by atoms with E-state index in [4.69, 9.17) is 4.74 Å². The van der Waals surface area contributed by atoms with Gasteiger partial charge in [0, 0.05) is 30.2 Å². The molecule has 6 rings (SSSR count). The van der Waals surface area contributed by atoms with Crippen LogP contribution in [0.25, 0.3) is 0 Å². The predicted octanol–water partition coefficient (Wildman–Crippen LogP) is 2.49. The fourth-order valence-corrected chi connectivity index (χ4v) is 6.81. The lowest BCUT2D eigenvalue weighted by Crippen LogP contribution is -2.66. The van der Waals surface area contributed by atoms with Gasteiger partial charge in [0.2, 0.25) is 5.95 Å². The van der Waals surface area contributed by atoms with E-state index in [1.807, 2.05) is 16.8 Å². The summed E-state index contributed by atoms with van der Waals surface area (Å²) < 4.78 is 6.70. The second-order valence-electron chi connectivity index (χ2n) is 10.0. The van der Waals surface area contributed by atoms with Crippen LogP contribution >= 0.6 is 11.3 Å². The van der Waals surface area contributed by atoms with Crippen molar-refractivity contribution in [2.45, 2.75) is 56.7 Å². The molecule has 5 heterocycles. The second kappa shape index (κ2) is 9.67. The molecular formula is C24H32N5O4S+. The maximum Gasteiger partial charge on any atom is 0.343 e. The number of amides is 1. The van der Waals surface area contributed by atoms with Crippen LogP contribution in [0.2, 0.25) is 0 Å². The quantitative estimate of drug-likeness (QED) is 0.456. The molecular weight excluding hydrogens is 454 g/mol. The van der Waals surface area contributed by atoms with Gasteiger partial charge in [0.25, 0.3) is 5.91 Å². The number of carbonyl (C=O) groups is 2. The molecule has 2 aromatic heterocycles. The van der Waals surface area contributed by atoms with Gasteiger partial charge in [0.1, 0.15) is 19.2 Å². The van der Waals surface area contributed by atoms with E-state index in [0.29, 0.717) is 16.6 Å². The van der Waals surface area contributed by atoms with Crippen molar-refractivity contribution in [3.63, 3.8) is 0 Å². The van der Waals surface area contributed by atoms with Gasteiger partial charge in [-0.25, -0.2) is 19.7 Å². The summed E-state index contributed by atoms with van der Waals surface area (Å²) in [5, 5.41) is 18.3. The number of hydrogen-bond acceptors (Lipinski definition) is 8. The van der Waals surface area contributed by atoms with Gasteiger partial charge < -0.3 is 14.3 Å². The number of piperidine rings is 3. The molecule has 0 radical (unpaired) electrons. The summed E-state index contributed by atoms with van der Waals surface area (Å²) in [6, 6.07) is 1.84. The highest BCUT2D eigenvalue weighted by Gasteiger charge is 2.52. The zero-order valence-electron chi connectivity index (χ0n) is 19.3. The number of fused-ring (bicyclic) bond motifs is 3. The normalized spacial score (nSPS) is 28.7. The maximum absolute atomic E-state index is 13.6. The third-order valence-electron chi connectivity index (χ3n) is 7.99. The fourth-order valence-electron chi connectivity index (χ4n) is 6.10. The Balaban J connectivity index is 1.29. The Morgan fingerprint density at radius 1 is 1.15 bits per heavy atom. The highest BCUT2D eigenvalue weighted by atomic mass is 32.1. The van der Waals surface area contributed by atoms with Gasteiger partial charge >= 0.3 is 5.97 Å². The van der Waals surface area contributed by atoms with E-state index in [-0.39, 0.29) is 36.3 Å². The van der Waals surface area contributed by atoms with E-state index in [1.54, 1.807) is 0 Å². The lowest BCUT2D eigenvalue weighted by Gasteiger charge is -2.52. The van der Waals surface area contributed by atoms with Crippen LogP contribution in [0.5, 0.6) is 0 Å². The number of quaternary nitrogens is 1. The number of aromatic nitrogens is 3. The molecule has 4 aliphatic rings. The first-order valence-electron chi connectivity index (χ1n) is 12.2. The molecule has 1 saturated carbocycles. The van der Waals surface area contributed by atoms with E-state index < -0.39 is 11.6 Å². The molecule has 3 saturated heterocycles. The van der Waals surface area contributed by atoms with Gasteiger partial charge in [-0.05, 0) is 29.7 Å². The zero-order valence-corrected chi connectivity index (χ0v) is 20.1. The smallest absolute Gasteiger partial charge is 0.343 e. The van der Waals surface area contributed by atoms with Crippen molar-refractivity contribution in [1.29, 1.82) is 0 Å². The first-order valence-corrected chi connectivity index (χ1v) is 13.2. The molecule has 0 spiro atoms. The van der Waals surface area contributed by atoms with Gasteiger partial charge in [-0.1, -0.05) is 19.3 Å². The minimum atomic E-state index is -1.60. The Bertz CT molecular complexity index is 990. The Morgan fingerprint density at radius 2 is 1.88 bits per heavy atom. The minimum Gasteiger partial charge on any atom is -0.454 e. The number of rotatable bonds is 7. The molecule has 10 heteroatoms. The van der Waals surface area contributed by atoms with Crippen LogP contribution in [0.3, 0.4) is 0 Å². The number of nitrogens with one attached hydrogen (secondary N) is 1. The van der Waals surface area contributed by atoms with Crippen molar-refractivity contribution in [3.05, 3.63) is 35.0 Å². The third-order valence-corrected chi connectivity index (χ3v) is 8.68. The summed E-state index contributed by atoms with van der Waals surface area (Å²) in [6.45, 7) is 2.62. The predicted molar refractivity (Wildman–Crippen MR) is 126 cm³/mol. The first kappa shape index (κ1) is 23.3. The number of ether oxygens (including phenoxy) is 1.